The molecule has 2 aromatic rings. The lowest BCUT2D eigenvalue weighted by atomic mass is 9.98. The molecule has 1 fully saturated rings. The van der Waals surface area contributed by atoms with Gasteiger partial charge in [0.2, 0.25) is 0 Å². The number of benzene rings is 1. The zero-order valence-electron chi connectivity index (χ0n) is 15.4. The van der Waals surface area contributed by atoms with Gasteiger partial charge in [0, 0.05) is 18.0 Å². The van der Waals surface area contributed by atoms with E-state index in [9.17, 15) is 4.79 Å². The van der Waals surface area contributed by atoms with Crippen molar-refractivity contribution in [3.8, 4) is 0 Å². The van der Waals surface area contributed by atoms with E-state index >= 15 is 0 Å². The summed E-state index contributed by atoms with van der Waals surface area (Å²) in [7, 11) is 0. The molecule has 1 saturated heterocycles. The molecule has 3 nitrogen and oxygen atoms in total. The summed E-state index contributed by atoms with van der Waals surface area (Å²) in [5.74, 6) is 0.00914. The van der Waals surface area contributed by atoms with Crippen molar-refractivity contribution in [2.75, 3.05) is 26.2 Å². The van der Waals surface area contributed by atoms with Crippen molar-refractivity contribution < 1.29 is 9.53 Å². The first-order valence-corrected chi connectivity index (χ1v) is 10.3. The zero-order chi connectivity index (χ0) is 18.2. The van der Waals surface area contributed by atoms with Gasteiger partial charge in [-0.3, -0.25) is 4.79 Å². The first-order chi connectivity index (χ1) is 12.8. The Balaban J connectivity index is 1.63. The van der Waals surface area contributed by atoms with Crippen molar-refractivity contribution in [3.63, 3.8) is 0 Å². The Kier molecular flexibility index (Phi) is 7.04. The average Bonchev–Trinajstić information content (AvgIpc) is 3.21. The van der Waals surface area contributed by atoms with Gasteiger partial charge in [-0.2, -0.15) is 0 Å². The highest BCUT2D eigenvalue weighted by Gasteiger charge is 2.26. The standard InChI is InChI=1S/C22H27NO2S/c1-2-25-22(24)19-11-6-14-23(17-19)15-7-12-20(21-13-8-16-26-21)18-9-4-3-5-10-18/h3-5,8-10,12-13,16,19H,2,6-7,11,14-15,17H2,1H3. The summed E-state index contributed by atoms with van der Waals surface area (Å²) in [5, 5.41) is 2.13. The minimum Gasteiger partial charge on any atom is -0.466 e. The number of rotatable bonds is 7. The highest BCUT2D eigenvalue weighted by molar-refractivity contribution is 7.11. The molecule has 1 aromatic carbocycles. The summed E-state index contributed by atoms with van der Waals surface area (Å²) in [4.78, 5) is 15.7. The Morgan fingerprint density at radius 3 is 2.85 bits per heavy atom. The maximum atomic E-state index is 12.0. The summed E-state index contributed by atoms with van der Waals surface area (Å²) in [5.41, 5.74) is 2.57. The van der Waals surface area contributed by atoms with Crippen molar-refractivity contribution in [1.29, 1.82) is 0 Å². The molecule has 3 rings (SSSR count). The van der Waals surface area contributed by atoms with E-state index in [1.807, 2.05) is 6.92 Å². The molecule has 1 aromatic heterocycles. The fourth-order valence-corrected chi connectivity index (χ4v) is 4.30. The van der Waals surface area contributed by atoms with E-state index in [4.69, 9.17) is 4.74 Å². The number of hydrogen-bond donors (Lipinski definition) is 0. The Morgan fingerprint density at radius 2 is 2.12 bits per heavy atom. The second-order valence-electron chi connectivity index (χ2n) is 6.64. The number of likely N-dealkylation sites (tertiary alicyclic amines) is 1. The number of nitrogens with zero attached hydrogens (tertiary/aromatic N) is 1. The van der Waals surface area contributed by atoms with Gasteiger partial charge in [0.1, 0.15) is 0 Å². The molecule has 26 heavy (non-hydrogen) atoms. The molecular formula is C22H27NO2S. The van der Waals surface area contributed by atoms with Crippen LogP contribution in [0, 0.1) is 5.92 Å². The van der Waals surface area contributed by atoms with E-state index < -0.39 is 0 Å². The van der Waals surface area contributed by atoms with Crippen LogP contribution in [0.2, 0.25) is 0 Å². The van der Waals surface area contributed by atoms with Crippen LogP contribution in [0.5, 0.6) is 0 Å². The molecule has 1 aliphatic heterocycles. The monoisotopic (exact) mass is 369 g/mol. The molecule has 1 atom stereocenters. The molecular weight excluding hydrogens is 342 g/mol. The normalized spacial score (nSPS) is 18.7. The van der Waals surface area contributed by atoms with Gasteiger partial charge in [-0.1, -0.05) is 42.5 Å². The molecule has 0 radical (unpaired) electrons. The SMILES string of the molecule is CCOC(=O)C1CCCN(CCC=C(c2ccccc2)c2cccs2)C1. The Bertz CT molecular complexity index is 709. The number of piperidine rings is 1. The van der Waals surface area contributed by atoms with Crippen LogP contribution in [0.4, 0.5) is 0 Å². The third kappa shape index (κ3) is 5.05. The van der Waals surface area contributed by atoms with Gasteiger partial charge in [-0.25, -0.2) is 0 Å². The fourth-order valence-electron chi connectivity index (χ4n) is 3.51. The fraction of sp³-hybridized carbons (Fsp3) is 0.409. The van der Waals surface area contributed by atoms with E-state index in [2.05, 4.69) is 58.8 Å². The van der Waals surface area contributed by atoms with Crippen molar-refractivity contribution in [1.82, 2.24) is 4.90 Å². The maximum absolute atomic E-state index is 12.0. The van der Waals surface area contributed by atoms with Crippen LogP contribution >= 0.6 is 11.3 Å². The molecule has 0 saturated carbocycles. The molecule has 138 valence electrons. The second-order valence-corrected chi connectivity index (χ2v) is 7.59. The van der Waals surface area contributed by atoms with Gasteiger partial charge in [0.15, 0.2) is 0 Å². The van der Waals surface area contributed by atoms with Gasteiger partial charge >= 0.3 is 5.97 Å². The lowest BCUT2D eigenvalue weighted by Crippen LogP contribution is -2.39. The maximum Gasteiger partial charge on any atom is 0.310 e. The van der Waals surface area contributed by atoms with Gasteiger partial charge in [0.05, 0.1) is 12.5 Å². The van der Waals surface area contributed by atoms with Crippen LogP contribution in [0.15, 0.2) is 53.9 Å². The predicted molar refractivity (Wildman–Crippen MR) is 108 cm³/mol. The zero-order valence-corrected chi connectivity index (χ0v) is 16.2. The second kappa shape index (κ2) is 9.70. The summed E-state index contributed by atoms with van der Waals surface area (Å²) in [6, 6.07) is 14.9. The van der Waals surface area contributed by atoms with Crippen LogP contribution < -0.4 is 0 Å². The predicted octanol–water partition coefficient (Wildman–Crippen LogP) is 4.85. The topological polar surface area (TPSA) is 29.5 Å². The molecule has 2 heterocycles. The molecule has 1 unspecified atom stereocenters. The molecule has 0 spiro atoms. The lowest BCUT2D eigenvalue weighted by Gasteiger charge is -2.31. The smallest absolute Gasteiger partial charge is 0.310 e. The van der Waals surface area contributed by atoms with Crippen LogP contribution in [0.3, 0.4) is 0 Å². The number of esters is 1. The molecule has 1 aliphatic rings. The Labute approximate surface area is 160 Å². The van der Waals surface area contributed by atoms with Crippen LogP contribution in [-0.2, 0) is 9.53 Å². The van der Waals surface area contributed by atoms with E-state index in [0.717, 1.165) is 38.9 Å². The van der Waals surface area contributed by atoms with Crippen LogP contribution in [0.1, 0.15) is 36.6 Å². The van der Waals surface area contributed by atoms with E-state index in [0.29, 0.717) is 6.61 Å². The van der Waals surface area contributed by atoms with Gasteiger partial charge in [0.25, 0.3) is 0 Å². The third-order valence-corrected chi connectivity index (χ3v) is 5.69. The molecule has 0 bridgehead atoms. The van der Waals surface area contributed by atoms with Crippen LogP contribution in [0.25, 0.3) is 5.57 Å². The summed E-state index contributed by atoms with van der Waals surface area (Å²) >= 11 is 1.78. The van der Waals surface area contributed by atoms with Crippen molar-refractivity contribution in [2.24, 2.45) is 5.92 Å². The highest BCUT2D eigenvalue weighted by Crippen LogP contribution is 2.28. The summed E-state index contributed by atoms with van der Waals surface area (Å²) < 4.78 is 5.20. The van der Waals surface area contributed by atoms with E-state index in [1.165, 1.54) is 16.0 Å². The first kappa shape index (κ1) is 18.9. The highest BCUT2D eigenvalue weighted by atomic mass is 32.1. The summed E-state index contributed by atoms with van der Waals surface area (Å²) in [6.07, 6.45) is 5.35. The van der Waals surface area contributed by atoms with Crippen molar-refractivity contribution in [2.45, 2.75) is 26.2 Å². The van der Waals surface area contributed by atoms with E-state index in [-0.39, 0.29) is 11.9 Å². The first-order valence-electron chi connectivity index (χ1n) is 9.46. The minimum absolute atomic E-state index is 0.0312. The quantitative estimate of drug-likeness (QED) is 0.654. The minimum atomic E-state index is -0.0312. The number of carbonyl (C=O) groups excluding carboxylic acids is 1. The number of hydrogen-bond acceptors (Lipinski definition) is 4. The number of thiophene rings is 1. The Morgan fingerprint density at radius 1 is 1.27 bits per heavy atom. The van der Waals surface area contributed by atoms with Gasteiger partial charge < -0.3 is 9.64 Å². The molecule has 0 aliphatic carbocycles. The molecule has 4 heteroatoms. The van der Waals surface area contributed by atoms with Crippen molar-refractivity contribution in [3.05, 3.63) is 64.4 Å². The Hall–Kier alpha value is -1.91. The molecule has 0 N–H and O–H groups in total. The number of carbonyl (C=O) groups is 1. The largest absolute Gasteiger partial charge is 0.466 e. The number of ether oxygens (including phenoxy) is 1. The lowest BCUT2D eigenvalue weighted by molar-refractivity contribution is -0.149. The van der Waals surface area contributed by atoms with E-state index in [1.54, 1.807) is 11.3 Å². The van der Waals surface area contributed by atoms with Crippen molar-refractivity contribution >= 4 is 22.9 Å². The average molecular weight is 370 g/mol. The summed E-state index contributed by atoms with van der Waals surface area (Å²) in [6.45, 7) is 5.23. The third-order valence-electron chi connectivity index (χ3n) is 4.79. The van der Waals surface area contributed by atoms with Gasteiger partial charge in [-0.15, -0.1) is 11.3 Å². The van der Waals surface area contributed by atoms with Crippen LogP contribution in [-0.4, -0.2) is 37.1 Å². The molecule has 0 amide bonds. The van der Waals surface area contributed by atoms with Gasteiger partial charge in [-0.05, 0) is 55.3 Å².